The van der Waals surface area contributed by atoms with Crippen LogP contribution in [0.2, 0.25) is 5.02 Å². The number of carbonyl (C=O) groups excluding carboxylic acids is 3. The molecule has 3 amide bonds. The Morgan fingerprint density at radius 1 is 1.00 bits per heavy atom. The maximum atomic E-state index is 12.3. The van der Waals surface area contributed by atoms with Crippen LogP contribution in [-0.2, 0) is 20.9 Å². The number of hydrogen-bond acceptors (Lipinski definition) is 5. The molecule has 36 heavy (non-hydrogen) atoms. The Bertz CT molecular complexity index is 1300. The number of carbonyl (C=O) groups is 3. The van der Waals surface area contributed by atoms with E-state index in [-0.39, 0.29) is 19.1 Å². The van der Waals surface area contributed by atoms with E-state index in [0.717, 1.165) is 21.2 Å². The summed E-state index contributed by atoms with van der Waals surface area (Å²) in [6, 6.07) is 17.9. The zero-order chi connectivity index (χ0) is 26.1. The van der Waals surface area contributed by atoms with Crippen LogP contribution in [0.15, 0.2) is 70.2 Å². The molecule has 0 radical (unpaired) electrons. The Morgan fingerprint density at radius 2 is 1.75 bits per heavy atom. The zero-order valence-corrected chi connectivity index (χ0v) is 21.9. The van der Waals surface area contributed by atoms with E-state index < -0.39 is 11.8 Å². The number of rotatable bonds is 8. The van der Waals surface area contributed by atoms with Crippen molar-refractivity contribution < 1.29 is 19.1 Å². The van der Waals surface area contributed by atoms with Gasteiger partial charge in [0.1, 0.15) is 5.75 Å². The Labute approximate surface area is 222 Å². The van der Waals surface area contributed by atoms with E-state index in [9.17, 15) is 14.4 Å². The monoisotopic (exact) mass is 570 g/mol. The van der Waals surface area contributed by atoms with E-state index >= 15 is 0 Å². The van der Waals surface area contributed by atoms with Gasteiger partial charge in [0.2, 0.25) is 0 Å². The second-order valence-electron chi connectivity index (χ2n) is 7.85. The van der Waals surface area contributed by atoms with Crippen LogP contribution in [-0.4, -0.2) is 30.5 Å². The predicted octanol–water partition coefficient (Wildman–Crippen LogP) is 4.50. The molecule has 10 heteroatoms. The minimum Gasteiger partial charge on any atom is -0.483 e. The Kier molecular flexibility index (Phi) is 9.61. The Morgan fingerprint density at radius 3 is 2.47 bits per heavy atom. The number of ether oxygens (including phenoxy) is 1. The number of aryl methyl sites for hydroxylation is 2. The maximum absolute atomic E-state index is 12.3. The van der Waals surface area contributed by atoms with Crippen molar-refractivity contribution in [2.24, 2.45) is 5.10 Å². The number of amides is 3. The average Bonchev–Trinajstić information content (AvgIpc) is 2.85. The Hall–Kier alpha value is -3.69. The van der Waals surface area contributed by atoms with Gasteiger partial charge in [0.05, 0.1) is 6.21 Å². The van der Waals surface area contributed by atoms with Gasteiger partial charge in [0, 0.05) is 27.3 Å². The van der Waals surface area contributed by atoms with Crippen LogP contribution in [0.25, 0.3) is 0 Å². The molecule has 3 rings (SSSR count). The Balaban J connectivity index is 1.53. The summed E-state index contributed by atoms with van der Waals surface area (Å²) in [5.41, 5.74) is 6.10. The standard InChI is InChI=1S/C26H24BrClN4O4/c1-16-3-6-18(7-4-16)13-29-25(34)26(35)32-30-14-19-11-20(27)8-10-23(19)36-15-24(33)31-21-9-5-17(2)22(28)12-21/h3-12,14H,13,15H2,1-2H3,(H,29,34)(H,31,33)(H,32,35)/b30-14-. The van der Waals surface area contributed by atoms with Crippen molar-refractivity contribution in [1.29, 1.82) is 0 Å². The third kappa shape index (κ3) is 8.21. The minimum atomic E-state index is -0.910. The zero-order valence-electron chi connectivity index (χ0n) is 19.6. The van der Waals surface area contributed by atoms with E-state index in [1.807, 2.05) is 38.1 Å². The molecule has 0 saturated heterocycles. The lowest BCUT2D eigenvalue weighted by atomic mass is 10.1. The number of nitrogens with one attached hydrogen (secondary N) is 3. The predicted molar refractivity (Wildman–Crippen MR) is 143 cm³/mol. The van der Waals surface area contributed by atoms with Crippen LogP contribution in [0.5, 0.6) is 5.75 Å². The normalized spacial score (nSPS) is 10.7. The molecule has 3 N–H and O–H groups in total. The molecule has 0 unspecified atom stereocenters. The lowest BCUT2D eigenvalue weighted by Gasteiger charge is -2.11. The fourth-order valence-corrected chi connectivity index (χ4v) is 3.50. The fraction of sp³-hybridized carbons (Fsp3) is 0.154. The molecule has 0 aliphatic heterocycles. The number of anilines is 1. The molecule has 0 aliphatic carbocycles. The summed E-state index contributed by atoms with van der Waals surface area (Å²) in [4.78, 5) is 36.4. The molecule has 0 bridgehead atoms. The number of benzene rings is 3. The first kappa shape index (κ1) is 26.9. The first-order valence-corrected chi connectivity index (χ1v) is 12.0. The van der Waals surface area contributed by atoms with Gasteiger partial charge >= 0.3 is 11.8 Å². The summed E-state index contributed by atoms with van der Waals surface area (Å²) in [7, 11) is 0. The molecule has 8 nitrogen and oxygen atoms in total. The smallest absolute Gasteiger partial charge is 0.329 e. The van der Waals surface area contributed by atoms with Crippen LogP contribution in [0.1, 0.15) is 22.3 Å². The lowest BCUT2D eigenvalue weighted by molar-refractivity contribution is -0.139. The first-order chi connectivity index (χ1) is 17.2. The van der Waals surface area contributed by atoms with E-state index in [0.29, 0.717) is 22.0 Å². The first-order valence-electron chi connectivity index (χ1n) is 10.9. The van der Waals surface area contributed by atoms with Crippen molar-refractivity contribution in [3.8, 4) is 5.75 Å². The number of hydrogen-bond donors (Lipinski definition) is 3. The largest absolute Gasteiger partial charge is 0.483 e. The van der Waals surface area contributed by atoms with Crippen molar-refractivity contribution in [3.05, 3.63) is 92.4 Å². The molecule has 3 aromatic carbocycles. The molecule has 0 saturated carbocycles. The summed E-state index contributed by atoms with van der Waals surface area (Å²) in [6.45, 7) is 3.79. The lowest BCUT2D eigenvalue weighted by Crippen LogP contribution is -2.37. The maximum Gasteiger partial charge on any atom is 0.329 e. The van der Waals surface area contributed by atoms with Gasteiger partial charge in [-0.1, -0.05) is 63.4 Å². The van der Waals surface area contributed by atoms with Crippen LogP contribution in [0.4, 0.5) is 5.69 Å². The van der Waals surface area contributed by atoms with E-state index in [1.54, 1.807) is 36.4 Å². The van der Waals surface area contributed by atoms with Crippen molar-refractivity contribution in [2.45, 2.75) is 20.4 Å². The van der Waals surface area contributed by atoms with Gasteiger partial charge in [-0.2, -0.15) is 5.10 Å². The quantitative estimate of drug-likeness (QED) is 0.210. The van der Waals surface area contributed by atoms with Gasteiger partial charge in [0.25, 0.3) is 5.91 Å². The van der Waals surface area contributed by atoms with Crippen molar-refractivity contribution in [2.75, 3.05) is 11.9 Å². The average molecular weight is 572 g/mol. The summed E-state index contributed by atoms with van der Waals surface area (Å²) in [5, 5.41) is 9.64. The third-order valence-corrected chi connectivity index (χ3v) is 5.84. The number of nitrogens with zero attached hydrogens (tertiary/aromatic N) is 1. The summed E-state index contributed by atoms with van der Waals surface area (Å²) in [5.74, 6) is -1.74. The highest BCUT2D eigenvalue weighted by Crippen LogP contribution is 2.22. The molecule has 0 fully saturated rings. The molecule has 0 atom stereocenters. The summed E-state index contributed by atoms with van der Waals surface area (Å²) in [6.07, 6.45) is 1.32. The second-order valence-corrected chi connectivity index (χ2v) is 9.17. The van der Waals surface area contributed by atoms with Gasteiger partial charge in [-0.3, -0.25) is 14.4 Å². The van der Waals surface area contributed by atoms with Gasteiger partial charge < -0.3 is 15.4 Å². The van der Waals surface area contributed by atoms with Crippen LogP contribution in [0, 0.1) is 13.8 Å². The van der Waals surface area contributed by atoms with Crippen molar-refractivity contribution in [3.63, 3.8) is 0 Å². The molecule has 0 aliphatic rings. The van der Waals surface area contributed by atoms with Crippen LogP contribution < -0.4 is 20.8 Å². The minimum absolute atomic E-state index is 0.219. The van der Waals surface area contributed by atoms with Crippen molar-refractivity contribution in [1.82, 2.24) is 10.7 Å². The van der Waals surface area contributed by atoms with Gasteiger partial charge in [-0.05, 0) is 55.3 Å². The molecule has 0 spiro atoms. The highest BCUT2D eigenvalue weighted by atomic mass is 79.9. The molecule has 186 valence electrons. The highest BCUT2D eigenvalue weighted by molar-refractivity contribution is 9.10. The van der Waals surface area contributed by atoms with E-state index in [4.69, 9.17) is 16.3 Å². The fourth-order valence-electron chi connectivity index (χ4n) is 2.94. The van der Waals surface area contributed by atoms with Gasteiger partial charge in [0.15, 0.2) is 6.61 Å². The topological polar surface area (TPSA) is 109 Å². The van der Waals surface area contributed by atoms with E-state index in [1.165, 1.54) is 6.21 Å². The molecular formula is C26H24BrClN4O4. The van der Waals surface area contributed by atoms with Crippen LogP contribution >= 0.6 is 27.5 Å². The van der Waals surface area contributed by atoms with Gasteiger partial charge in [-0.25, -0.2) is 5.43 Å². The second kappa shape index (κ2) is 12.9. The van der Waals surface area contributed by atoms with Crippen LogP contribution in [0.3, 0.4) is 0 Å². The number of hydrazone groups is 1. The molecule has 0 aromatic heterocycles. The number of halogens is 2. The third-order valence-electron chi connectivity index (χ3n) is 4.94. The van der Waals surface area contributed by atoms with Gasteiger partial charge in [-0.15, -0.1) is 0 Å². The SMILES string of the molecule is Cc1ccc(CNC(=O)C(=O)N/N=C\c2cc(Br)ccc2OCC(=O)Nc2ccc(C)c(Cl)c2)cc1. The summed E-state index contributed by atoms with van der Waals surface area (Å²) >= 11 is 9.45. The summed E-state index contributed by atoms with van der Waals surface area (Å²) < 4.78 is 6.37. The molecule has 3 aromatic rings. The molecule has 0 heterocycles. The van der Waals surface area contributed by atoms with Crippen molar-refractivity contribution >= 4 is 57.2 Å². The van der Waals surface area contributed by atoms with E-state index in [2.05, 4.69) is 37.1 Å². The highest BCUT2D eigenvalue weighted by Gasteiger charge is 2.13. The molecular weight excluding hydrogens is 548 g/mol.